The first-order valence-corrected chi connectivity index (χ1v) is 9.09. The smallest absolute Gasteiger partial charge is 0.159 e. The van der Waals surface area contributed by atoms with E-state index in [1.165, 1.54) is 5.56 Å². The van der Waals surface area contributed by atoms with Gasteiger partial charge in [0.1, 0.15) is 17.3 Å². The lowest BCUT2D eigenvalue weighted by atomic mass is 9.96. The summed E-state index contributed by atoms with van der Waals surface area (Å²) >= 11 is 0. The largest absolute Gasteiger partial charge is 0.508 e. The Hall–Kier alpha value is -3.33. The van der Waals surface area contributed by atoms with E-state index in [4.69, 9.17) is 4.74 Å². The van der Waals surface area contributed by atoms with Gasteiger partial charge >= 0.3 is 0 Å². The molecule has 134 valence electrons. The van der Waals surface area contributed by atoms with Crippen LogP contribution in [0.2, 0.25) is 0 Å². The van der Waals surface area contributed by atoms with Gasteiger partial charge in [-0.3, -0.25) is 4.79 Å². The number of hydrogen-bond donors (Lipinski definition) is 1. The molecular formula is C24H20O3. The van der Waals surface area contributed by atoms with Crippen LogP contribution >= 0.6 is 0 Å². The maximum Gasteiger partial charge on any atom is 0.159 e. The Balaban J connectivity index is 1.63. The van der Waals surface area contributed by atoms with Crippen molar-refractivity contribution in [3.8, 4) is 22.6 Å². The van der Waals surface area contributed by atoms with E-state index in [9.17, 15) is 9.90 Å². The molecule has 27 heavy (non-hydrogen) atoms. The number of carbonyl (C=O) groups is 1. The second kappa shape index (κ2) is 7.50. The van der Waals surface area contributed by atoms with Gasteiger partial charge in [0, 0.05) is 18.1 Å². The molecule has 0 aliphatic heterocycles. The zero-order valence-electron chi connectivity index (χ0n) is 14.9. The minimum Gasteiger partial charge on any atom is -0.508 e. The Morgan fingerprint density at radius 2 is 1.63 bits per heavy atom. The Morgan fingerprint density at radius 1 is 0.815 bits per heavy atom. The topological polar surface area (TPSA) is 46.5 Å². The predicted molar refractivity (Wildman–Crippen MR) is 107 cm³/mol. The van der Waals surface area contributed by atoms with E-state index in [1.807, 2.05) is 54.6 Å². The third-order valence-electron chi connectivity index (χ3n) is 4.71. The Labute approximate surface area is 158 Å². The van der Waals surface area contributed by atoms with Gasteiger partial charge in [-0.1, -0.05) is 48.5 Å². The molecule has 3 aromatic carbocycles. The van der Waals surface area contributed by atoms with Crippen molar-refractivity contribution < 1.29 is 14.6 Å². The van der Waals surface area contributed by atoms with Crippen LogP contribution in [0.1, 0.15) is 24.0 Å². The monoisotopic (exact) mass is 356 g/mol. The Kier molecular flexibility index (Phi) is 4.75. The average molecular weight is 356 g/mol. The lowest BCUT2D eigenvalue weighted by Crippen LogP contribution is -2.07. The summed E-state index contributed by atoms with van der Waals surface area (Å²) in [4.78, 5) is 12.1. The standard InChI is InChI=1S/C24H20O3/c25-20-8-4-7-19(15-20)17-11-13-22(14-12-17)27-24-16-21(26)9-3-6-18-5-1-2-10-23(18)24/h1-2,4-5,7-8,10-16,25H,3,6,9H2/b24-16+. The number of phenolic OH excluding ortho intramolecular Hbond substituents is 1. The fourth-order valence-electron chi connectivity index (χ4n) is 3.34. The zero-order valence-corrected chi connectivity index (χ0v) is 14.9. The minimum absolute atomic E-state index is 0.0934. The summed E-state index contributed by atoms with van der Waals surface area (Å²) in [6, 6.07) is 22.9. The maximum absolute atomic E-state index is 12.1. The summed E-state index contributed by atoms with van der Waals surface area (Å²) in [5.41, 5.74) is 4.10. The van der Waals surface area contributed by atoms with E-state index in [0.717, 1.165) is 29.5 Å². The highest BCUT2D eigenvalue weighted by atomic mass is 16.5. The fourth-order valence-corrected chi connectivity index (χ4v) is 3.34. The lowest BCUT2D eigenvalue weighted by Gasteiger charge is -2.16. The molecule has 1 aliphatic rings. The number of aromatic hydroxyl groups is 1. The zero-order chi connectivity index (χ0) is 18.6. The van der Waals surface area contributed by atoms with Crippen LogP contribution < -0.4 is 4.74 Å². The molecule has 0 saturated carbocycles. The third kappa shape index (κ3) is 3.93. The highest BCUT2D eigenvalue weighted by Gasteiger charge is 2.15. The number of ether oxygens (including phenoxy) is 1. The van der Waals surface area contributed by atoms with E-state index in [1.54, 1.807) is 18.2 Å². The summed E-state index contributed by atoms with van der Waals surface area (Å²) in [5.74, 6) is 1.60. The molecule has 3 nitrogen and oxygen atoms in total. The number of ketones is 1. The number of phenols is 1. The number of benzene rings is 3. The number of carbonyl (C=O) groups excluding carboxylic acids is 1. The predicted octanol–water partition coefficient (Wildman–Crippen LogP) is 5.38. The molecule has 0 amide bonds. The molecule has 1 aliphatic carbocycles. The molecule has 1 N–H and O–H groups in total. The molecule has 0 radical (unpaired) electrons. The van der Waals surface area contributed by atoms with Crippen LogP contribution in [0.4, 0.5) is 0 Å². The van der Waals surface area contributed by atoms with Crippen molar-refractivity contribution in [2.75, 3.05) is 0 Å². The van der Waals surface area contributed by atoms with Gasteiger partial charge in [0.25, 0.3) is 0 Å². The van der Waals surface area contributed by atoms with Crippen molar-refractivity contribution in [1.82, 2.24) is 0 Å². The van der Waals surface area contributed by atoms with Gasteiger partial charge in [-0.15, -0.1) is 0 Å². The number of hydrogen-bond acceptors (Lipinski definition) is 3. The Bertz CT molecular complexity index is 1000. The third-order valence-corrected chi connectivity index (χ3v) is 4.71. The fraction of sp³-hybridized carbons (Fsp3) is 0.125. The summed E-state index contributed by atoms with van der Waals surface area (Å²) in [5, 5.41) is 9.65. The van der Waals surface area contributed by atoms with Gasteiger partial charge in [-0.05, 0) is 53.8 Å². The van der Waals surface area contributed by atoms with Crippen LogP contribution in [0.5, 0.6) is 11.5 Å². The molecule has 0 saturated heterocycles. The number of fused-ring (bicyclic) bond motifs is 1. The van der Waals surface area contributed by atoms with Crippen LogP contribution in [-0.2, 0) is 11.2 Å². The molecule has 0 bridgehead atoms. The molecule has 0 heterocycles. The summed E-state index contributed by atoms with van der Waals surface area (Å²) < 4.78 is 6.09. The van der Waals surface area contributed by atoms with Gasteiger partial charge in [0.15, 0.2) is 5.78 Å². The lowest BCUT2D eigenvalue weighted by molar-refractivity contribution is -0.114. The highest BCUT2D eigenvalue weighted by Crippen LogP contribution is 2.29. The van der Waals surface area contributed by atoms with Crippen molar-refractivity contribution in [3.63, 3.8) is 0 Å². The van der Waals surface area contributed by atoms with Crippen molar-refractivity contribution >= 4 is 11.5 Å². The number of aryl methyl sites for hydroxylation is 1. The first-order chi connectivity index (χ1) is 13.2. The van der Waals surface area contributed by atoms with E-state index >= 15 is 0 Å². The molecule has 0 atom stereocenters. The Morgan fingerprint density at radius 3 is 2.44 bits per heavy atom. The van der Waals surface area contributed by atoms with Crippen LogP contribution in [0.3, 0.4) is 0 Å². The average Bonchev–Trinajstić information content (AvgIpc) is 2.67. The first kappa shape index (κ1) is 17.1. The van der Waals surface area contributed by atoms with Gasteiger partial charge in [-0.25, -0.2) is 0 Å². The van der Waals surface area contributed by atoms with Crippen LogP contribution in [-0.4, -0.2) is 10.9 Å². The van der Waals surface area contributed by atoms with Gasteiger partial charge in [0.2, 0.25) is 0 Å². The first-order valence-electron chi connectivity index (χ1n) is 9.09. The second-order valence-electron chi connectivity index (χ2n) is 6.66. The van der Waals surface area contributed by atoms with Gasteiger partial charge in [-0.2, -0.15) is 0 Å². The molecular weight excluding hydrogens is 336 g/mol. The van der Waals surface area contributed by atoms with Gasteiger partial charge in [0.05, 0.1) is 0 Å². The van der Waals surface area contributed by atoms with Crippen LogP contribution in [0.15, 0.2) is 78.9 Å². The summed E-state index contributed by atoms with van der Waals surface area (Å²) in [6.07, 6.45) is 3.88. The van der Waals surface area contributed by atoms with Crippen molar-refractivity contribution in [3.05, 3.63) is 90.0 Å². The molecule has 0 spiro atoms. The van der Waals surface area contributed by atoms with Gasteiger partial charge < -0.3 is 9.84 Å². The summed E-state index contributed by atoms with van der Waals surface area (Å²) in [7, 11) is 0. The molecule has 4 rings (SSSR count). The normalized spacial score (nSPS) is 15.9. The second-order valence-corrected chi connectivity index (χ2v) is 6.66. The van der Waals surface area contributed by atoms with E-state index in [2.05, 4.69) is 6.07 Å². The molecule has 0 aromatic heterocycles. The summed E-state index contributed by atoms with van der Waals surface area (Å²) in [6.45, 7) is 0. The highest BCUT2D eigenvalue weighted by molar-refractivity contribution is 5.96. The molecule has 3 heteroatoms. The van der Waals surface area contributed by atoms with Crippen molar-refractivity contribution in [2.24, 2.45) is 0 Å². The molecule has 0 unspecified atom stereocenters. The quantitative estimate of drug-likeness (QED) is 0.685. The van der Waals surface area contributed by atoms with E-state index < -0.39 is 0 Å². The minimum atomic E-state index is 0.0934. The molecule has 0 fully saturated rings. The number of rotatable bonds is 3. The van der Waals surface area contributed by atoms with Crippen LogP contribution in [0, 0.1) is 0 Å². The van der Waals surface area contributed by atoms with E-state index in [0.29, 0.717) is 17.9 Å². The van der Waals surface area contributed by atoms with Crippen LogP contribution in [0.25, 0.3) is 16.9 Å². The molecule has 3 aromatic rings. The van der Waals surface area contributed by atoms with E-state index in [-0.39, 0.29) is 11.5 Å². The maximum atomic E-state index is 12.1. The van der Waals surface area contributed by atoms with Crippen molar-refractivity contribution in [2.45, 2.75) is 19.3 Å². The van der Waals surface area contributed by atoms with Crippen molar-refractivity contribution in [1.29, 1.82) is 0 Å². The SMILES string of the molecule is O=C1/C=C(/Oc2ccc(-c3cccc(O)c3)cc2)c2ccccc2CCC1. The number of allylic oxidation sites excluding steroid dienone is 1.